The summed E-state index contributed by atoms with van der Waals surface area (Å²) in [5.74, 6) is 7.90. The number of nitrogens with one attached hydrogen (secondary N) is 1. The van der Waals surface area contributed by atoms with E-state index in [1.54, 1.807) is 21.3 Å². The average Bonchev–Trinajstić information content (AvgIpc) is 2.42. The van der Waals surface area contributed by atoms with E-state index in [-0.39, 0.29) is 0 Å². The van der Waals surface area contributed by atoms with Gasteiger partial charge in [-0.15, -0.1) is 5.92 Å². The Morgan fingerprint density at radius 3 is 2.17 bits per heavy atom. The Morgan fingerprint density at radius 2 is 1.61 bits per heavy atom. The van der Waals surface area contributed by atoms with Crippen LogP contribution in [0, 0.1) is 11.8 Å². The van der Waals surface area contributed by atoms with Gasteiger partial charge in [0.25, 0.3) is 0 Å². The third-order valence-corrected chi connectivity index (χ3v) is 2.49. The molecule has 0 radical (unpaired) electrons. The topological polar surface area (TPSA) is 39.7 Å². The van der Waals surface area contributed by atoms with Crippen LogP contribution in [-0.2, 0) is 6.54 Å². The van der Waals surface area contributed by atoms with Crippen molar-refractivity contribution in [2.24, 2.45) is 0 Å². The summed E-state index contributed by atoms with van der Waals surface area (Å²) >= 11 is 0. The van der Waals surface area contributed by atoms with Crippen LogP contribution in [0.4, 0.5) is 0 Å². The summed E-state index contributed by atoms with van der Waals surface area (Å²) in [6.45, 7) is 3.13. The third kappa shape index (κ3) is 3.57. The van der Waals surface area contributed by atoms with Crippen LogP contribution in [0.2, 0.25) is 0 Å². The SMILES string of the molecule is CC#CCNCc1cc(OC)c(OC)cc1OC. The maximum atomic E-state index is 5.33. The molecule has 0 unspecified atom stereocenters. The van der Waals surface area contributed by atoms with Crippen molar-refractivity contribution in [3.05, 3.63) is 17.7 Å². The number of hydrogen-bond acceptors (Lipinski definition) is 4. The van der Waals surface area contributed by atoms with Crippen molar-refractivity contribution in [3.8, 4) is 29.1 Å². The fourth-order valence-corrected chi connectivity index (χ4v) is 1.58. The van der Waals surface area contributed by atoms with Crippen molar-refractivity contribution < 1.29 is 14.2 Å². The molecule has 18 heavy (non-hydrogen) atoms. The van der Waals surface area contributed by atoms with E-state index in [1.807, 2.05) is 19.1 Å². The molecule has 0 bridgehead atoms. The van der Waals surface area contributed by atoms with E-state index < -0.39 is 0 Å². The minimum absolute atomic E-state index is 0.647. The van der Waals surface area contributed by atoms with Crippen LogP contribution in [0.3, 0.4) is 0 Å². The van der Waals surface area contributed by atoms with Gasteiger partial charge in [-0.1, -0.05) is 5.92 Å². The van der Waals surface area contributed by atoms with Gasteiger partial charge in [0, 0.05) is 18.2 Å². The zero-order chi connectivity index (χ0) is 13.4. The van der Waals surface area contributed by atoms with E-state index in [2.05, 4.69) is 17.2 Å². The van der Waals surface area contributed by atoms with Crippen LogP contribution in [0.25, 0.3) is 0 Å². The molecule has 0 spiro atoms. The molecule has 1 aromatic rings. The summed E-state index contributed by atoms with van der Waals surface area (Å²) in [5.41, 5.74) is 1.01. The van der Waals surface area contributed by atoms with Gasteiger partial charge in [-0.05, 0) is 13.0 Å². The molecule has 1 rings (SSSR count). The van der Waals surface area contributed by atoms with E-state index in [0.29, 0.717) is 24.6 Å². The second-order valence-corrected chi connectivity index (χ2v) is 3.55. The van der Waals surface area contributed by atoms with Gasteiger partial charge >= 0.3 is 0 Å². The molecular formula is C14H19NO3. The summed E-state index contributed by atoms with van der Waals surface area (Å²) in [7, 11) is 4.85. The lowest BCUT2D eigenvalue weighted by Crippen LogP contribution is -2.14. The van der Waals surface area contributed by atoms with Crippen LogP contribution in [0.15, 0.2) is 12.1 Å². The minimum Gasteiger partial charge on any atom is -0.496 e. The minimum atomic E-state index is 0.647. The van der Waals surface area contributed by atoms with Gasteiger partial charge in [-0.2, -0.15) is 0 Å². The fourth-order valence-electron chi connectivity index (χ4n) is 1.58. The summed E-state index contributed by atoms with van der Waals surface area (Å²) in [4.78, 5) is 0. The van der Waals surface area contributed by atoms with Crippen molar-refractivity contribution in [2.75, 3.05) is 27.9 Å². The maximum absolute atomic E-state index is 5.33. The van der Waals surface area contributed by atoms with Gasteiger partial charge in [0.15, 0.2) is 11.5 Å². The van der Waals surface area contributed by atoms with Crippen LogP contribution in [0.1, 0.15) is 12.5 Å². The number of ether oxygens (including phenoxy) is 3. The first kappa shape index (κ1) is 14.2. The first-order valence-corrected chi connectivity index (χ1v) is 5.66. The van der Waals surface area contributed by atoms with Crippen molar-refractivity contribution >= 4 is 0 Å². The molecule has 0 amide bonds. The zero-order valence-electron chi connectivity index (χ0n) is 11.3. The highest BCUT2D eigenvalue weighted by Gasteiger charge is 2.11. The van der Waals surface area contributed by atoms with E-state index >= 15 is 0 Å². The second kappa shape index (κ2) is 7.46. The van der Waals surface area contributed by atoms with Gasteiger partial charge in [-0.3, -0.25) is 0 Å². The Balaban J connectivity index is 2.89. The molecule has 0 atom stereocenters. The second-order valence-electron chi connectivity index (χ2n) is 3.55. The number of rotatable bonds is 6. The molecule has 0 aliphatic carbocycles. The smallest absolute Gasteiger partial charge is 0.164 e. The van der Waals surface area contributed by atoms with Gasteiger partial charge in [0.05, 0.1) is 27.9 Å². The Morgan fingerprint density at radius 1 is 1.00 bits per heavy atom. The number of hydrogen-bond donors (Lipinski definition) is 1. The average molecular weight is 249 g/mol. The molecule has 98 valence electrons. The normalized spacial score (nSPS) is 9.33. The molecule has 0 saturated carbocycles. The van der Waals surface area contributed by atoms with Gasteiger partial charge < -0.3 is 19.5 Å². The fraction of sp³-hybridized carbons (Fsp3) is 0.429. The predicted octanol–water partition coefficient (Wildman–Crippen LogP) is 1.83. The van der Waals surface area contributed by atoms with Crippen molar-refractivity contribution in [1.29, 1.82) is 0 Å². The van der Waals surface area contributed by atoms with Crippen LogP contribution in [-0.4, -0.2) is 27.9 Å². The highest BCUT2D eigenvalue weighted by atomic mass is 16.5. The van der Waals surface area contributed by atoms with E-state index in [4.69, 9.17) is 14.2 Å². The molecule has 0 aliphatic rings. The molecule has 1 aromatic carbocycles. The van der Waals surface area contributed by atoms with Gasteiger partial charge in [0.2, 0.25) is 0 Å². The monoisotopic (exact) mass is 249 g/mol. The number of benzene rings is 1. The third-order valence-electron chi connectivity index (χ3n) is 2.49. The lowest BCUT2D eigenvalue weighted by atomic mass is 10.1. The molecule has 0 aliphatic heterocycles. The lowest BCUT2D eigenvalue weighted by Gasteiger charge is -2.14. The Bertz CT molecular complexity index is 446. The standard InChI is InChI=1S/C14H19NO3/c1-5-6-7-15-10-11-8-13(17-3)14(18-4)9-12(11)16-2/h8-9,15H,7,10H2,1-4H3. The molecular weight excluding hydrogens is 230 g/mol. The summed E-state index contributed by atoms with van der Waals surface area (Å²) < 4.78 is 15.8. The first-order chi connectivity index (χ1) is 8.76. The Kier molecular flexibility index (Phi) is 5.89. The molecule has 0 aromatic heterocycles. The predicted molar refractivity (Wildman–Crippen MR) is 71.3 cm³/mol. The quantitative estimate of drug-likeness (QED) is 0.616. The summed E-state index contributed by atoms with van der Waals surface area (Å²) in [5, 5.41) is 3.22. The molecule has 4 nitrogen and oxygen atoms in total. The van der Waals surface area contributed by atoms with Gasteiger partial charge in [0.1, 0.15) is 5.75 Å². The van der Waals surface area contributed by atoms with Crippen LogP contribution in [0.5, 0.6) is 17.2 Å². The molecule has 0 heterocycles. The molecule has 1 N–H and O–H groups in total. The van der Waals surface area contributed by atoms with Crippen LogP contribution >= 0.6 is 0 Å². The summed E-state index contributed by atoms with van der Waals surface area (Å²) in [6, 6.07) is 3.73. The van der Waals surface area contributed by atoms with E-state index in [1.165, 1.54) is 0 Å². The molecule has 0 saturated heterocycles. The van der Waals surface area contributed by atoms with E-state index in [9.17, 15) is 0 Å². The van der Waals surface area contributed by atoms with Crippen molar-refractivity contribution in [2.45, 2.75) is 13.5 Å². The Hall–Kier alpha value is -1.86. The first-order valence-electron chi connectivity index (χ1n) is 5.66. The molecule has 4 heteroatoms. The Labute approximate surface area is 108 Å². The summed E-state index contributed by atoms with van der Waals surface area (Å²) in [6.07, 6.45) is 0. The zero-order valence-corrected chi connectivity index (χ0v) is 11.3. The van der Waals surface area contributed by atoms with Gasteiger partial charge in [-0.25, -0.2) is 0 Å². The van der Waals surface area contributed by atoms with Crippen molar-refractivity contribution in [1.82, 2.24) is 5.32 Å². The highest BCUT2D eigenvalue weighted by Crippen LogP contribution is 2.34. The number of methoxy groups -OCH3 is 3. The van der Waals surface area contributed by atoms with Crippen LogP contribution < -0.4 is 19.5 Å². The largest absolute Gasteiger partial charge is 0.496 e. The maximum Gasteiger partial charge on any atom is 0.164 e. The van der Waals surface area contributed by atoms with E-state index in [0.717, 1.165) is 11.3 Å². The highest BCUT2D eigenvalue weighted by molar-refractivity contribution is 5.50. The van der Waals surface area contributed by atoms with Crippen molar-refractivity contribution in [3.63, 3.8) is 0 Å². The molecule has 0 fully saturated rings. The lowest BCUT2D eigenvalue weighted by molar-refractivity contribution is 0.347.